The predicted molar refractivity (Wildman–Crippen MR) is 4.73 cm³/mol. The van der Waals surface area contributed by atoms with Gasteiger partial charge in [0.25, 0.3) is 0 Å². The van der Waals surface area contributed by atoms with Crippen LogP contribution < -0.4 is 18.9 Å². The summed E-state index contributed by atoms with van der Waals surface area (Å²) in [6.45, 7) is 0. The van der Waals surface area contributed by atoms with E-state index < -0.39 is 0 Å². The van der Waals surface area contributed by atoms with Crippen molar-refractivity contribution in [1.29, 1.82) is 0 Å². The Hall–Kier alpha value is 1.88. The summed E-state index contributed by atoms with van der Waals surface area (Å²) in [6.07, 6.45) is 0. The molecule has 0 unspecified atom stereocenters. The molecule has 0 rings (SSSR count). The quantitative estimate of drug-likeness (QED) is 0.347. The maximum Gasteiger partial charge on any atom is 1.00 e. The van der Waals surface area contributed by atoms with Gasteiger partial charge in [-0.1, -0.05) is 0 Å². The van der Waals surface area contributed by atoms with Crippen molar-refractivity contribution in [2.45, 2.75) is 0 Å². The van der Waals surface area contributed by atoms with E-state index in [1.165, 1.54) is 0 Å². The summed E-state index contributed by atoms with van der Waals surface area (Å²) in [5.74, 6) is 0. The van der Waals surface area contributed by atoms with E-state index in [0.29, 0.717) is 0 Å². The fourth-order valence-corrected chi connectivity index (χ4v) is 0. The van der Waals surface area contributed by atoms with Crippen LogP contribution in [0, 0.1) is 0 Å². The summed E-state index contributed by atoms with van der Waals surface area (Å²) in [5.41, 5.74) is 0. The monoisotopic (exact) mass is 184 g/mol. The van der Waals surface area contributed by atoms with Gasteiger partial charge in [-0.3, -0.25) is 0 Å². The third-order valence-corrected chi connectivity index (χ3v) is 0. The zero-order valence-electron chi connectivity index (χ0n) is 3.25. The normalized spacial score (nSPS) is 0. The Balaban J connectivity index is 0. The van der Waals surface area contributed by atoms with Gasteiger partial charge in [-0.25, -0.2) is 0 Å². The molecule has 2 N–H and O–H groups in total. The van der Waals surface area contributed by atoms with Crippen LogP contribution in [0.25, 0.3) is 0 Å². The predicted octanol–water partition coefficient (Wildman–Crippen LogP) is -3.71. The van der Waals surface area contributed by atoms with Gasteiger partial charge in [0.05, 0.1) is 0 Å². The van der Waals surface area contributed by atoms with Gasteiger partial charge in [0.15, 0.2) is 0 Å². The molecule has 0 aromatic rings. The van der Waals surface area contributed by atoms with Crippen LogP contribution in [0.3, 0.4) is 0 Å². The van der Waals surface area contributed by atoms with Crippen molar-refractivity contribution in [1.82, 2.24) is 0 Å². The van der Waals surface area contributed by atoms with Crippen molar-refractivity contribution >= 4 is 0 Å². The Morgan fingerprint density at radius 3 is 1.25 bits per heavy atom. The summed E-state index contributed by atoms with van der Waals surface area (Å²) in [5, 5.41) is 0. The number of hydrogen-bond donors (Lipinski definition) is 0. The summed E-state index contributed by atoms with van der Waals surface area (Å²) in [4.78, 5) is 0. The van der Waals surface area contributed by atoms with E-state index >= 15 is 0 Å². The van der Waals surface area contributed by atoms with E-state index in [0.717, 1.165) is 0 Å². The molecule has 2 radical (unpaired) electrons. The molecular formula is H3AgLiOV. The molecule has 0 atom stereocenters. The second-order valence-corrected chi connectivity index (χ2v) is 0. The average molecular weight is 185 g/mol. The van der Waals surface area contributed by atoms with Crippen molar-refractivity contribution in [3.8, 4) is 0 Å². The van der Waals surface area contributed by atoms with Gasteiger partial charge < -0.3 is 6.90 Å². The maximum atomic E-state index is 0. The standard InChI is InChI=1S/Ag.Li.H2O.V.H/h;;1H2;;/q;+1;;;-1. The zero-order chi connectivity index (χ0) is 0. The molecule has 0 saturated heterocycles. The molecule has 0 fully saturated rings. The van der Waals surface area contributed by atoms with E-state index in [-0.39, 0.29) is 66.7 Å². The molecule has 1 nitrogen and oxygen atoms in total. The van der Waals surface area contributed by atoms with Crippen LogP contribution in [-0.4, -0.2) is 5.48 Å². The minimum absolute atomic E-state index is 0. The first kappa shape index (κ1) is 39.6. The second kappa shape index (κ2) is 20.8. The third kappa shape index (κ3) is 9.10. The molecule has 0 heterocycles. The first-order chi connectivity index (χ1) is 0. The van der Waals surface area contributed by atoms with Crippen molar-refractivity contribution in [3.63, 3.8) is 0 Å². The van der Waals surface area contributed by atoms with Crippen molar-refractivity contribution in [2.24, 2.45) is 0 Å². The molecule has 0 spiro atoms. The molecule has 0 bridgehead atoms. The van der Waals surface area contributed by atoms with E-state index in [4.69, 9.17) is 0 Å². The molecule has 0 aromatic carbocycles. The topological polar surface area (TPSA) is 31.5 Å². The van der Waals surface area contributed by atoms with Gasteiger partial charge in [-0.15, -0.1) is 0 Å². The summed E-state index contributed by atoms with van der Waals surface area (Å²) in [7, 11) is 0. The van der Waals surface area contributed by atoms with Crippen LogP contribution in [0.5, 0.6) is 0 Å². The second-order valence-electron chi connectivity index (χ2n) is 0. The van der Waals surface area contributed by atoms with Gasteiger partial charge in [0.1, 0.15) is 0 Å². The number of rotatable bonds is 0. The zero-order valence-corrected chi connectivity index (χ0v) is 5.13. The minimum atomic E-state index is 0. The fraction of sp³-hybridized carbons (Fsp3) is 0. The molecule has 4 heavy (non-hydrogen) atoms. The first-order valence-corrected chi connectivity index (χ1v) is 0. The van der Waals surface area contributed by atoms with Gasteiger partial charge in [-0.05, 0) is 0 Å². The Morgan fingerprint density at radius 2 is 1.25 bits per heavy atom. The third-order valence-electron chi connectivity index (χ3n) is 0. The summed E-state index contributed by atoms with van der Waals surface area (Å²) in [6, 6.07) is 0. The Bertz CT molecular complexity index is 11.6. The van der Waals surface area contributed by atoms with Crippen molar-refractivity contribution in [3.05, 3.63) is 0 Å². The largest absolute Gasteiger partial charge is 1.00 e. The van der Waals surface area contributed by atoms with Crippen molar-refractivity contribution in [2.75, 3.05) is 0 Å². The van der Waals surface area contributed by atoms with Gasteiger partial charge in [0.2, 0.25) is 0 Å². The maximum absolute atomic E-state index is 0. The molecule has 0 amide bonds. The van der Waals surface area contributed by atoms with Gasteiger partial charge in [0, 0.05) is 40.9 Å². The molecule has 0 aliphatic rings. The Morgan fingerprint density at radius 1 is 1.25 bits per heavy atom. The van der Waals surface area contributed by atoms with Crippen molar-refractivity contribution < 1.29 is 66.7 Å². The van der Waals surface area contributed by atoms with E-state index in [1.54, 1.807) is 0 Å². The Labute approximate surface area is 66.3 Å². The smallest absolute Gasteiger partial charge is 1.00 e. The molecule has 0 aliphatic carbocycles. The van der Waals surface area contributed by atoms with E-state index in [2.05, 4.69) is 0 Å². The van der Waals surface area contributed by atoms with Crippen LogP contribution in [0.2, 0.25) is 0 Å². The molecule has 0 saturated carbocycles. The molecular weight excluding hydrogens is 182 g/mol. The van der Waals surface area contributed by atoms with E-state index in [9.17, 15) is 0 Å². The van der Waals surface area contributed by atoms with Crippen LogP contribution in [0.1, 0.15) is 1.43 Å². The minimum Gasteiger partial charge on any atom is -1.00 e. The van der Waals surface area contributed by atoms with Crippen LogP contribution in [-0.2, 0) is 40.9 Å². The average Bonchev–Trinajstić information content (AvgIpc) is 0. The first-order valence-electron chi connectivity index (χ1n) is 0. The number of hydrogen-bond acceptors (Lipinski definition) is 0. The SMILES string of the molecule is O.[Ag].[H-].[Li+].[V]. The van der Waals surface area contributed by atoms with Gasteiger partial charge in [-0.2, -0.15) is 0 Å². The van der Waals surface area contributed by atoms with Crippen LogP contribution >= 0.6 is 0 Å². The Kier molecular flexibility index (Phi) is 206. The van der Waals surface area contributed by atoms with Crippen LogP contribution in [0.15, 0.2) is 0 Å². The van der Waals surface area contributed by atoms with Crippen LogP contribution in [0.4, 0.5) is 0 Å². The molecule has 26 valence electrons. The molecule has 0 aliphatic heterocycles. The molecule has 0 aromatic heterocycles. The summed E-state index contributed by atoms with van der Waals surface area (Å²) >= 11 is 0. The van der Waals surface area contributed by atoms with E-state index in [1.807, 2.05) is 0 Å². The summed E-state index contributed by atoms with van der Waals surface area (Å²) < 4.78 is 0. The van der Waals surface area contributed by atoms with Gasteiger partial charge >= 0.3 is 18.9 Å². The molecule has 4 heteroatoms. The fourth-order valence-electron chi connectivity index (χ4n) is 0.